The molecule has 1 aromatic rings. The maximum atomic E-state index is 11.1. The van der Waals surface area contributed by atoms with Crippen LogP contribution in [0.5, 0.6) is 0 Å². The predicted molar refractivity (Wildman–Crippen MR) is 63.6 cm³/mol. The van der Waals surface area contributed by atoms with Crippen LogP contribution in [0.1, 0.15) is 38.8 Å². The summed E-state index contributed by atoms with van der Waals surface area (Å²) in [5.41, 5.74) is -2.50. The highest BCUT2D eigenvalue weighted by Gasteiger charge is 2.34. The van der Waals surface area contributed by atoms with Gasteiger partial charge in [-0.05, 0) is 39.8 Å². The van der Waals surface area contributed by atoms with E-state index in [0.717, 1.165) is 0 Å². The summed E-state index contributed by atoms with van der Waals surface area (Å²) in [5.74, 6) is 0. The highest BCUT2D eigenvalue weighted by molar-refractivity contribution is 5.52. The maximum absolute atomic E-state index is 11.1. The first kappa shape index (κ1) is 13.6. The van der Waals surface area contributed by atoms with Crippen molar-refractivity contribution in [3.8, 4) is 0 Å². The summed E-state index contributed by atoms with van der Waals surface area (Å²) in [6.45, 7) is 5.90. The topological polar surface area (TPSA) is 83.6 Å². The van der Waals surface area contributed by atoms with Crippen LogP contribution in [0, 0.1) is 10.1 Å². The fraction of sp³-hybridized carbons (Fsp3) is 0.500. The Morgan fingerprint density at radius 1 is 1.06 bits per heavy atom. The molecule has 94 valence electrons. The number of nitro groups is 1. The Kier molecular flexibility index (Phi) is 3.27. The molecule has 0 heterocycles. The first-order chi connectivity index (χ1) is 7.55. The summed E-state index contributed by atoms with van der Waals surface area (Å²) in [5, 5.41) is 31.0. The van der Waals surface area contributed by atoms with E-state index in [0.29, 0.717) is 0 Å². The van der Waals surface area contributed by atoms with Crippen molar-refractivity contribution in [1.29, 1.82) is 0 Å². The van der Waals surface area contributed by atoms with Gasteiger partial charge in [-0.25, -0.2) is 0 Å². The molecule has 2 N–H and O–H groups in total. The molecule has 0 aliphatic carbocycles. The van der Waals surface area contributed by atoms with Crippen molar-refractivity contribution in [2.24, 2.45) is 0 Å². The first-order valence-corrected chi connectivity index (χ1v) is 5.28. The minimum Gasteiger partial charge on any atom is -0.385 e. The summed E-state index contributed by atoms with van der Waals surface area (Å²) in [6, 6.07) is 4.58. The minimum atomic E-state index is -1.33. The lowest BCUT2D eigenvalue weighted by Crippen LogP contribution is -2.23. The third-order valence-corrected chi connectivity index (χ3v) is 2.54. The summed E-state index contributed by atoms with van der Waals surface area (Å²) < 4.78 is 0. The van der Waals surface area contributed by atoms with Crippen LogP contribution in [-0.4, -0.2) is 15.1 Å². The molecule has 0 bridgehead atoms. The largest absolute Gasteiger partial charge is 0.385 e. The molecule has 0 atom stereocenters. The second-order valence-electron chi connectivity index (χ2n) is 5.08. The first-order valence-electron chi connectivity index (χ1n) is 5.28. The van der Waals surface area contributed by atoms with Gasteiger partial charge in [0.25, 0.3) is 5.69 Å². The van der Waals surface area contributed by atoms with Crippen LogP contribution in [0.3, 0.4) is 0 Å². The van der Waals surface area contributed by atoms with Crippen LogP contribution < -0.4 is 0 Å². The van der Waals surface area contributed by atoms with Crippen LogP contribution >= 0.6 is 0 Å². The quantitative estimate of drug-likeness (QED) is 0.624. The number of rotatable bonds is 3. The third kappa shape index (κ3) is 2.81. The van der Waals surface area contributed by atoms with Gasteiger partial charge >= 0.3 is 0 Å². The molecule has 1 aromatic carbocycles. The van der Waals surface area contributed by atoms with Gasteiger partial charge in [0.2, 0.25) is 0 Å². The Labute approximate surface area is 99.9 Å². The molecular formula is C12H17NO4. The number of benzene rings is 1. The molecule has 0 spiro atoms. The Hall–Kier alpha value is -1.46. The van der Waals surface area contributed by atoms with E-state index in [1.54, 1.807) is 6.07 Å². The molecule has 17 heavy (non-hydrogen) atoms. The van der Waals surface area contributed by atoms with Crippen LogP contribution in [0.15, 0.2) is 18.2 Å². The second-order valence-corrected chi connectivity index (χ2v) is 5.08. The van der Waals surface area contributed by atoms with Crippen molar-refractivity contribution in [1.82, 2.24) is 0 Å². The predicted octanol–water partition coefficient (Wildman–Crippen LogP) is 2.05. The third-order valence-electron chi connectivity index (χ3n) is 2.54. The fourth-order valence-corrected chi connectivity index (χ4v) is 1.73. The van der Waals surface area contributed by atoms with Gasteiger partial charge in [0, 0.05) is 0 Å². The lowest BCUT2D eigenvalue weighted by atomic mass is 9.88. The number of aliphatic hydroxyl groups is 2. The van der Waals surface area contributed by atoms with Gasteiger partial charge in [0.1, 0.15) is 0 Å². The molecule has 0 aromatic heterocycles. The van der Waals surface area contributed by atoms with Crippen LogP contribution in [0.25, 0.3) is 0 Å². The molecule has 0 radical (unpaired) electrons. The van der Waals surface area contributed by atoms with Gasteiger partial charge in [0.15, 0.2) is 0 Å². The van der Waals surface area contributed by atoms with Gasteiger partial charge in [-0.3, -0.25) is 10.1 Å². The molecule has 0 amide bonds. The lowest BCUT2D eigenvalue weighted by Gasteiger charge is -2.23. The van der Waals surface area contributed by atoms with E-state index in [9.17, 15) is 20.3 Å². The molecule has 0 saturated carbocycles. The normalized spacial score (nSPS) is 12.6. The maximum Gasteiger partial charge on any atom is 0.281 e. The zero-order valence-corrected chi connectivity index (χ0v) is 10.4. The Morgan fingerprint density at radius 2 is 1.41 bits per heavy atom. The molecule has 0 aliphatic rings. The van der Waals surface area contributed by atoms with E-state index in [2.05, 4.69) is 0 Å². The van der Waals surface area contributed by atoms with Gasteiger partial charge in [0.05, 0.1) is 27.3 Å². The van der Waals surface area contributed by atoms with Crippen LogP contribution in [0.4, 0.5) is 5.69 Å². The van der Waals surface area contributed by atoms with E-state index < -0.39 is 16.1 Å². The Bertz CT molecular complexity index is 409. The molecule has 0 saturated heterocycles. The number of hydrogen-bond donors (Lipinski definition) is 2. The van der Waals surface area contributed by atoms with E-state index >= 15 is 0 Å². The highest BCUT2D eigenvalue weighted by atomic mass is 16.6. The second kappa shape index (κ2) is 4.09. The number of nitrogens with zero attached hydrogens (tertiary/aromatic N) is 1. The van der Waals surface area contributed by atoms with E-state index in [-0.39, 0.29) is 16.8 Å². The Balaban J connectivity index is 3.61. The molecule has 0 unspecified atom stereocenters. The molecular weight excluding hydrogens is 222 g/mol. The molecule has 5 nitrogen and oxygen atoms in total. The number of nitro benzene ring substituents is 1. The summed E-state index contributed by atoms with van der Waals surface area (Å²) in [6.07, 6.45) is 0. The molecule has 0 fully saturated rings. The van der Waals surface area contributed by atoms with E-state index in [1.807, 2.05) is 0 Å². The van der Waals surface area contributed by atoms with Crippen LogP contribution in [-0.2, 0) is 11.2 Å². The van der Waals surface area contributed by atoms with Crippen molar-refractivity contribution in [3.05, 3.63) is 39.4 Å². The summed E-state index contributed by atoms with van der Waals surface area (Å²) in [7, 11) is 0. The van der Waals surface area contributed by atoms with Gasteiger partial charge in [-0.15, -0.1) is 0 Å². The van der Waals surface area contributed by atoms with Gasteiger partial charge in [-0.1, -0.05) is 6.07 Å². The zero-order chi connectivity index (χ0) is 13.4. The van der Waals surface area contributed by atoms with E-state index in [1.165, 1.54) is 39.8 Å². The average Bonchev–Trinajstić information content (AvgIpc) is 2.13. The molecule has 0 aliphatic heterocycles. The monoisotopic (exact) mass is 239 g/mol. The smallest absolute Gasteiger partial charge is 0.281 e. The molecule has 1 rings (SSSR count). The van der Waals surface area contributed by atoms with Gasteiger partial charge < -0.3 is 10.2 Å². The lowest BCUT2D eigenvalue weighted by molar-refractivity contribution is -0.388. The van der Waals surface area contributed by atoms with Crippen molar-refractivity contribution < 1.29 is 15.1 Å². The van der Waals surface area contributed by atoms with Crippen LogP contribution in [0.2, 0.25) is 0 Å². The van der Waals surface area contributed by atoms with Crippen molar-refractivity contribution >= 4 is 5.69 Å². The zero-order valence-electron chi connectivity index (χ0n) is 10.4. The highest BCUT2D eigenvalue weighted by Crippen LogP contribution is 2.37. The number of para-hydroxylation sites is 1. The standard InChI is InChI=1S/C12H17NO4/c1-11(2,14)8-6-5-7-9(12(3,4)15)10(8)13(16)17/h5-7,14-15H,1-4H3. The SMILES string of the molecule is CC(C)(O)c1cccc(C(C)(C)O)c1[N+](=O)[O-]. The summed E-state index contributed by atoms with van der Waals surface area (Å²) in [4.78, 5) is 10.6. The Morgan fingerprint density at radius 3 is 1.65 bits per heavy atom. The van der Waals surface area contributed by atoms with Crippen molar-refractivity contribution in [2.45, 2.75) is 38.9 Å². The van der Waals surface area contributed by atoms with Crippen molar-refractivity contribution in [3.63, 3.8) is 0 Å². The van der Waals surface area contributed by atoms with Crippen molar-refractivity contribution in [2.75, 3.05) is 0 Å². The van der Waals surface area contributed by atoms with Gasteiger partial charge in [-0.2, -0.15) is 0 Å². The number of hydrogen-bond acceptors (Lipinski definition) is 4. The fourth-order valence-electron chi connectivity index (χ4n) is 1.73. The minimum absolute atomic E-state index is 0.196. The average molecular weight is 239 g/mol. The summed E-state index contributed by atoms with van der Waals surface area (Å²) >= 11 is 0. The van der Waals surface area contributed by atoms with E-state index in [4.69, 9.17) is 0 Å². The molecule has 5 heteroatoms.